The van der Waals surface area contributed by atoms with Crippen LogP contribution in [0, 0.1) is 0 Å². The van der Waals surface area contributed by atoms with Gasteiger partial charge in [0.1, 0.15) is 4.83 Å². The molecular formula is C8H3BrCl3F3. The summed E-state index contributed by atoms with van der Waals surface area (Å²) in [4.78, 5) is -1.85. The number of rotatable bonds is 1. The van der Waals surface area contributed by atoms with E-state index in [1.54, 1.807) is 0 Å². The monoisotopic (exact) mass is 340 g/mol. The molecule has 0 nitrogen and oxygen atoms in total. The molecule has 0 bridgehead atoms. The maximum absolute atomic E-state index is 12.4. The van der Waals surface area contributed by atoms with Gasteiger partial charge >= 0.3 is 6.18 Å². The Hall–Kier alpha value is 0.360. The number of alkyl halides is 4. The van der Waals surface area contributed by atoms with Crippen molar-refractivity contribution >= 4 is 50.7 Å². The fraction of sp³-hybridized carbons (Fsp3) is 0.250. The maximum Gasteiger partial charge on any atom is 0.405 e. The van der Waals surface area contributed by atoms with Crippen LogP contribution in [0.2, 0.25) is 15.1 Å². The second-order valence-electron chi connectivity index (χ2n) is 2.69. The van der Waals surface area contributed by atoms with Crippen molar-refractivity contribution in [1.82, 2.24) is 0 Å². The van der Waals surface area contributed by atoms with Crippen molar-refractivity contribution in [3.05, 3.63) is 32.8 Å². The second-order valence-corrected chi connectivity index (χ2v) is 4.83. The summed E-state index contributed by atoms with van der Waals surface area (Å²) in [5.74, 6) is 0. The first-order valence-electron chi connectivity index (χ1n) is 3.58. The lowest BCUT2D eigenvalue weighted by Gasteiger charge is -2.16. The normalized spacial score (nSPS) is 14.1. The lowest BCUT2D eigenvalue weighted by Crippen LogP contribution is -2.15. The van der Waals surface area contributed by atoms with E-state index in [0.29, 0.717) is 0 Å². The molecule has 84 valence electrons. The molecule has 0 heterocycles. The van der Waals surface area contributed by atoms with Gasteiger partial charge in [-0.15, -0.1) is 0 Å². The average Bonchev–Trinajstić information content (AvgIpc) is 2.08. The zero-order chi connectivity index (χ0) is 11.8. The largest absolute Gasteiger partial charge is 0.405 e. The van der Waals surface area contributed by atoms with Crippen molar-refractivity contribution in [2.24, 2.45) is 0 Å². The number of hydrogen-bond acceptors (Lipinski definition) is 0. The molecule has 1 aromatic rings. The van der Waals surface area contributed by atoms with Gasteiger partial charge in [-0.05, 0) is 17.7 Å². The van der Waals surface area contributed by atoms with Crippen LogP contribution in [0.25, 0.3) is 0 Å². The molecule has 15 heavy (non-hydrogen) atoms. The predicted octanol–water partition coefficient (Wildman–Crippen LogP) is 5.65. The third-order valence-electron chi connectivity index (χ3n) is 1.60. The van der Waals surface area contributed by atoms with Crippen LogP contribution in [0.15, 0.2) is 12.1 Å². The Morgan fingerprint density at radius 2 is 1.47 bits per heavy atom. The van der Waals surface area contributed by atoms with Crippen molar-refractivity contribution in [2.75, 3.05) is 0 Å². The molecule has 0 aliphatic rings. The van der Waals surface area contributed by atoms with Crippen LogP contribution in [0.1, 0.15) is 10.4 Å². The SMILES string of the molecule is FC(F)(F)[C@@H](Br)c1cc(Cl)c(Cl)cc1Cl. The molecule has 1 rings (SSSR count). The van der Waals surface area contributed by atoms with Crippen LogP contribution in [-0.2, 0) is 0 Å². The molecule has 0 fully saturated rings. The first-order valence-corrected chi connectivity index (χ1v) is 5.63. The van der Waals surface area contributed by atoms with Crippen LogP contribution in [0.4, 0.5) is 13.2 Å². The summed E-state index contributed by atoms with van der Waals surface area (Å²) >= 11 is 19.3. The Morgan fingerprint density at radius 1 is 1.00 bits per heavy atom. The van der Waals surface area contributed by atoms with E-state index in [-0.39, 0.29) is 20.6 Å². The number of benzene rings is 1. The molecule has 0 N–H and O–H groups in total. The summed E-state index contributed by atoms with van der Waals surface area (Å²) in [6.07, 6.45) is -4.43. The quantitative estimate of drug-likeness (QED) is 0.457. The summed E-state index contributed by atoms with van der Waals surface area (Å²) in [5, 5.41) is 0.0701. The van der Waals surface area contributed by atoms with E-state index in [9.17, 15) is 13.2 Å². The molecule has 0 spiro atoms. The van der Waals surface area contributed by atoms with Gasteiger partial charge in [-0.2, -0.15) is 13.2 Å². The van der Waals surface area contributed by atoms with Crippen molar-refractivity contribution in [2.45, 2.75) is 11.0 Å². The van der Waals surface area contributed by atoms with E-state index < -0.39 is 11.0 Å². The van der Waals surface area contributed by atoms with E-state index in [4.69, 9.17) is 34.8 Å². The Bertz CT molecular complexity index is 378. The van der Waals surface area contributed by atoms with Crippen LogP contribution in [0.5, 0.6) is 0 Å². The topological polar surface area (TPSA) is 0 Å². The van der Waals surface area contributed by atoms with Gasteiger partial charge in [-0.1, -0.05) is 50.7 Å². The van der Waals surface area contributed by atoms with Gasteiger partial charge in [0, 0.05) is 5.02 Å². The van der Waals surface area contributed by atoms with Gasteiger partial charge < -0.3 is 0 Å². The third-order valence-corrected chi connectivity index (χ3v) is 3.66. The summed E-state index contributed by atoms with van der Waals surface area (Å²) in [6, 6.07) is 2.28. The Morgan fingerprint density at radius 3 is 1.93 bits per heavy atom. The van der Waals surface area contributed by atoms with Gasteiger partial charge in [0.2, 0.25) is 0 Å². The van der Waals surface area contributed by atoms with Crippen LogP contribution < -0.4 is 0 Å². The molecule has 0 aliphatic heterocycles. The lowest BCUT2D eigenvalue weighted by atomic mass is 10.1. The smallest absolute Gasteiger partial charge is 0.169 e. The summed E-state index contributed by atoms with van der Waals surface area (Å²) < 4.78 is 37.1. The number of hydrogen-bond donors (Lipinski definition) is 0. The van der Waals surface area contributed by atoms with Crippen LogP contribution in [-0.4, -0.2) is 6.18 Å². The van der Waals surface area contributed by atoms with Crippen LogP contribution in [0.3, 0.4) is 0 Å². The van der Waals surface area contributed by atoms with Gasteiger partial charge in [0.25, 0.3) is 0 Å². The second kappa shape index (κ2) is 4.70. The fourth-order valence-electron chi connectivity index (χ4n) is 0.908. The molecule has 0 amide bonds. The molecule has 0 saturated carbocycles. The van der Waals surface area contributed by atoms with E-state index in [1.165, 1.54) is 6.07 Å². The highest BCUT2D eigenvalue weighted by Crippen LogP contribution is 2.44. The molecule has 0 saturated heterocycles. The minimum absolute atomic E-state index is 0.0322. The highest BCUT2D eigenvalue weighted by atomic mass is 79.9. The van der Waals surface area contributed by atoms with Gasteiger partial charge in [-0.25, -0.2) is 0 Å². The van der Waals surface area contributed by atoms with E-state index in [1.807, 2.05) is 0 Å². The van der Waals surface area contributed by atoms with Gasteiger partial charge in [0.15, 0.2) is 0 Å². The molecular weight excluding hydrogens is 339 g/mol. The molecule has 1 aromatic carbocycles. The first kappa shape index (κ1) is 13.4. The Kier molecular flexibility index (Phi) is 4.20. The van der Waals surface area contributed by atoms with Gasteiger partial charge in [-0.3, -0.25) is 0 Å². The zero-order valence-corrected chi connectivity index (χ0v) is 10.7. The highest BCUT2D eigenvalue weighted by molar-refractivity contribution is 9.09. The molecule has 0 aromatic heterocycles. The zero-order valence-electron chi connectivity index (χ0n) is 6.88. The fourth-order valence-corrected chi connectivity index (χ4v) is 2.08. The van der Waals surface area contributed by atoms with E-state index in [2.05, 4.69) is 15.9 Å². The van der Waals surface area contributed by atoms with Crippen molar-refractivity contribution < 1.29 is 13.2 Å². The maximum atomic E-state index is 12.4. The highest BCUT2D eigenvalue weighted by Gasteiger charge is 2.40. The Balaban J connectivity index is 3.21. The minimum atomic E-state index is -4.43. The third kappa shape index (κ3) is 3.16. The minimum Gasteiger partial charge on any atom is -0.169 e. The first-order chi connectivity index (χ1) is 6.73. The van der Waals surface area contributed by atoms with Crippen molar-refractivity contribution in [3.63, 3.8) is 0 Å². The van der Waals surface area contributed by atoms with Crippen molar-refractivity contribution in [3.8, 4) is 0 Å². The van der Waals surface area contributed by atoms with Crippen molar-refractivity contribution in [1.29, 1.82) is 0 Å². The van der Waals surface area contributed by atoms with E-state index in [0.717, 1.165) is 6.07 Å². The molecule has 0 unspecified atom stereocenters. The Labute approximate surface area is 107 Å². The summed E-state index contributed by atoms with van der Waals surface area (Å²) in [6.45, 7) is 0. The predicted molar refractivity (Wildman–Crippen MR) is 59.2 cm³/mol. The molecule has 0 aliphatic carbocycles. The summed E-state index contributed by atoms with van der Waals surface area (Å²) in [7, 11) is 0. The number of halogens is 7. The molecule has 7 heteroatoms. The van der Waals surface area contributed by atoms with E-state index >= 15 is 0 Å². The molecule has 1 atom stereocenters. The van der Waals surface area contributed by atoms with Gasteiger partial charge in [0.05, 0.1) is 10.0 Å². The summed E-state index contributed by atoms with van der Waals surface area (Å²) in [5.41, 5.74) is -0.154. The lowest BCUT2D eigenvalue weighted by molar-refractivity contribution is -0.128. The van der Waals surface area contributed by atoms with Crippen LogP contribution >= 0.6 is 50.7 Å². The standard InChI is InChI=1S/C8H3BrCl3F3/c9-7(8(13,14)15)3-1-5(11)6(12)2-4(3)10/h1-2,7H/t7-/m0/s1. The molecule has 0 radical (unpaired) electrons. The average molecular weight is 342 g/mol.